The summed E-state index contributed by atoms with van der Waals surface area (Å²) in [6.07, 6.45) is 0. The summed E-state index contributed by atoms with van der Waals surface area (Å²) in [5, 5.41) is 0. The summed E-state index contributed by atoms with van der Waals surface area (Å²) in [4.78, 5) is 4.71. The molecule has 1 rings (SSSR count). The summed E-state index contributed by atoms with van der Waals surface area (Å²) in [5.41, 5.74) is 0. The van der Waals surface area contributed by atoms with Crippen LogP contribution in [0, 0.1) is 0 Å². The molecule has 1 aromatic carbocycles. The van der Waals surface area contributed by atoms with Crippen molar-refractivity contribution < 1.29 is 13.3 Å². The topological polar surface area (TPSA) is 69.4 Å². The van der Waals surface area contributed by atoms with Crippen molar-refractivity contribution in [3.05, 3.63) is 24.3 Å². The third kappa shape index (κ3) is 2.19. The van der Waals surface area contributed by atoms with Gasteiger partial charge in [-0.15, -0.1) is 0 Å². The largest absolute Gasteiger partial charge is 0.412 e. The fourth-order valence-corrected chi connectivity index (χ4v) is 1.78. The van der Waals surface area contributed by atoms with E-state index in [0.29, 0.717) is 5.75 Å². The van der Waals surface area contributed by atoms with E-state index < -0.39 is 9.84 Å². The lowest BCUT2D eigenvalue weighted by molar-refractivity contribution is 0.334. The lowest BCUT2D eigenvalue weighted by Crippen LogP contribution is -2.05. The standard InChI is InChI=1S/C8H11NO3S/c1-2-13(10,11)8-5-3-7(12-9)4-6-8/h3-6H,2,9H2,1H3. The third-order valence-corrected chi connectivity index (χ3v) is 3.45. The Morgan fingerprint density at radius 1 is 1.31 bits per heavy atom. The van der Waals surface area contributed by atoms with Gasteiger partial charge in [0.15, 0.2) is 9.84 Å². The molecule has 0 aliphatic heterocycles. The number of hydrogen-bond acceptors (Lipinski definition) is 4. The van der Waals surface area contributed by atoms with Crippen LogP contribution in [0.1, 0.15) is 6.92 Å². The Morgan fingerprint density at radius 3 is 2.23 bits per heavy atom. The molecule has 0 radical (unpaired) electrons. The molecule has 0 fully saturated rings. The summed E-state index contributed by atoms with van der Waals surface area (Å²) < 4.78 is 22.7. The molecular weight excluding hydrogens is 190 g/mol. The van der Waals surface area contributed by atoms with E-state index in [9.17, 15) is 8.42 Å². The van der Waals surface area contributed by atoms with Gasteiger partial charge >= 0.3 is 0 Å². The molecule has 0 unspecified atom stereocenters. The lowest BCUT2D eigenvalue weighted by Gasteiger charge is -2.01. The van der Waals surface area contributed by atoms with Gasteiger partial charge in [-0.1, -0.05) is 6.92 Å². The van der Waals surface area contributed by atoms with Crippen molar-refractivity contribution in [2.24, 2.45) is 5.90 Å². The molecule has 0 atom stereocenters. The Balaban J connectivity index is 3.06. The molecule has 13 heavy (non-hydrogen) atoms. The molecule has 0 saturated heterocycles. The highest BCUT2D eigenvalue weighted by Gasteiger charge is 2.10. The molecule has 0 aliphatic carbocycles. The molecule has 4 nitrogen and oxygen atoms in total. The number of rotatable bonds is 3. The Hall–Kier alpha value is -1.07. The van der Waals surface area contributed by atoms with E-state index in [1.165, 1.54) is 24.3 Å². The van der Waals surface area contributed by atoms with Gasteiger partial charge in [-0.2, -0.15) is 5.90 Å². The first-order valence-electron chi connectivity index (χ1n) is 3.79. The maximum Gasteiger partial charge on any atom is 0.178 e. The third-order valence-electron chi connectivity index (χ3n) is 1.70. The Morgan fingerprint density at radius 2 is 1.85 bits per heavy atom. The zero-order valence-electron chi connectivity index (χ0n) is 7.23. The van der Waals surface area contributed by atoms with Gasteiger partial charge < -0.3 is 4.84 Å². The van der Waals surface area contributed by atoms with E-state index in [2.05, 4.69) is 4.84 Å². The van der Waals surface area contributed by atoms with Crippen molar-refractivity contribution in [1.82, 2.24) is 0 Å². The second kappa shape index (κ2) is 3.76. The first-order chi connectivity index (χ1) is 6.10. The smallest absolute Gasteiger partial charge is 0.178 e. The fourth-order valence-electron chi connectivity index (χ4n) is 0.892. The van der Waals surface area contributed by atoms with Gasteiger partial charge in [0.05, 0.1) is 10.6 Å². The molecule has 72 valence electrons. The zero-order chi connectivity index (χ0) is 9.90. The number of benzene rings is 1. The van der Waals surface area contributed by atoms with Crippen molar-refractivity contribution in [3.63, 3.8) is 0 Å². The maximum absolute atomic E-state index is 11.3. The van der Waals surface area contributed by atoms with Crippen LogP contribution in [-0.2, 0) is 9.84 Å². The molecule has 2 N–H and O–H groups in total. The molecule has 0 saturated carbocycles. The second-order valence-corrected chi connectivity index (χ2v) is 4.77. The highest BCUT2D eigenvalue weighted by atomic mass is 32.2. The van der Waals surface area contributed by atoms with Crippen LogP contribution >= 0.6 is 0 Å². The highest BCUT2D eigenvalue weighted by Crippen LogP contribution is 2.15. The van der Waals surface area contributed by atoms with Crippen LogP contribution in [0.5, 0.6) is 5.75 Å². The van der Waals surface area contributed by atoms with Gasteiger partial charge in [0, 0.05) is 0 Å². The maximum atomic E-state index is 11.3. The summed E-state index contributed by atoms with van der Waals surface area (Å²) in [6, 6.07) is 5.98. The number of nitrogens with two attached hydrogens (primary N) is 1. The Kier molecular flexibility index (Phi) is 2.90. The van der Waals surface area contributed by atoms with Crippen molar-refractivity contribution in [3.8, 4) is 5.75 Å². The Bertz CT molecular complexity index is 369. The average Bonchev–Trinajstić information content (AvgIpc) is 2.18. The van der Waals surface area contributed by atoms with Crippen LogP contribution in [0.15, 0.2) is 29.2 Å². The van der Waals surface area contributed by atoms with Gasteiger partial charge in [0.25, 0.3) is 0 Å². The van der Waals surface area contributed by atoms with E-state index in [1.807, 2.05) is 0 Å². The quantitative estimate of drug-likeness (QED) is 0.732. The van der Waals surface area contributed by atoms with Crippen molar-refractivity contribution in [2.45, 2.75) is 11.8 Å². The van der Waals surface area contributed by atoms with Gasteiger partial charge in [-0.3, -0.25) is 0 Å². The van der Waals surface area contributed by atoms with Gasteiger partial charge in [-0.05, 0) is 24.3 Å². The normalized spacial score (nSPS) is 11.2. The molecule has 0 aliphatic rings. The Labute approximate surface area is 77.2 Å². The van der Waals surface area contributed by atoms with Crippen LogP contribution in [0.2, 0.25) is 0 Å². The molecule has 5 heteroatoms. The number of sulfone groups is 1. The van der Waals surface area contributed by atoms with Crippen LogP contribution < -0.4 is 10.7 Å². The van der Waals surface area contributed by atoms with E-state index in [1.54, 1.807) is 6.92 Å². The predicted molar refractivity (Wildman–Crippen MR) is 49.0 cm³/mol. The molecule has 0 amide bonds. The van der Waals surface area contributed by atoms with E-state index in [-0.39, 0.29) is 10.6 Å². The highest BCUT2D eigenvalue weighted by molar-refractivity contribution is 7.91. The van der Waals surface area contributed by atoms with Crippen LogP contribution in [-0.4, -0.2) is 14.2 Å². The van der Waals surface area contributed by atoms with Crippen molar-refractivity contribution >= 4 is 9.84 Å². The lowest BCUT2D eigenvalue weighted by atomic mass is 10.3. The van der Waals surface area contributed by atoms with E-state index >= 15 is 0 Å². The molecule has 0 bridgehead atoms. The summed E-state index contributed by atoms with van der Waals surface area (Å²) in [5.74, 6) is 5.42. The van der Waals surface area contributed by atoms with Gasteiger partial charge in [0.2, 0.25) is 0 Å². The molecule has 0 spiro atoms. The molecular formula is C8H11NO3S. The first-order valence-corrected chi connectivity index (χ1v) is 5.45. The first kappa shape index (κ1) is 10.0. The average molecular weight is 201 g/mol. The minimum atomic E-state index is -3.12. The van der Waals surface area contributed by atoms with E-state index in [0.717, 1.165) is 0 Å². The molecule has 0 aromatic heterocycles. The predicted octanol–water partition coefficient (Wildman–Crippen LogP) is 0.733. The molecule has 1 aromatic rings. The van der Waals surface area contributed by atoms with Crippen LogP contribution in [0.3, 0.4) is 0 Å². The van der Waals surface area contributed by atoms with Crippen LogP contribution in [0.4, 0.5) is 0 Å². The van der Waals surface area contributed by atoms with Crippen molar-refractivity contribution in [1.29, 1.82) is 0 Å². The SMILES string of the molecule is CCS(=O)(=O)c1ccc(ON)cc1. The monoisotopic (exact) mass is 201 g/mol. The summed E-state index contributed by atoms with van der Waals surface area (Å²) >= 11 is 0. The minimum Gasteiger partial charge on any atom is -0.412 e. The number of hydrogen-bond donors (Lipinski definition) is 1. The van der Waals surface area contributed by atoms with Gasteiger partial charge in [0.1, 0.15) is 5.75 Å². The van der Waals surface area contributed by atoms with Crippen molar-refractivity contribution in [2.75, 3.05) is 5.75 Å². The molecule has 0 heterocycles. The summed E-state index contributed by atoms with van der Waals surface area (Å²) in [7, 11) is -3.12. The zero-order valence-corrected chi connectivity index (χ0v) is 8.04. The van der Waals surface area contributed by atoms with E-state index in [4.69, 9.17) is 5.90 Å². The minimum absolute atomic E-state index is 0.0931. The van der Waals surface area contributed by atoms with Gasteiger partial charge in [-0.25, -0.2) is 8.42 Å². The summed E-state index contributed by atoms with van der Waals surface area (Å²) in [6.45, 7) is 1.60. The fraction of sp³-hybridized carbons (Fsp3) is 0.250. The second-order valence-electron chi connectivity index (χ2n) is 2.49. The van der Waals surface area contributed by atoms with Crippen LogP contribution in [0.25, 0.3) is 0 Å².